The van der Waals surface area contributed by atoms with E-state index >= 15 is 0 Å². The van der Waals surface area contributed by atoms with Crippen molar-refractivity contribution in [1.29, 1.82) is 0 Å². The third-order valence-electron chi connectivity index (χ3n) is 5.53. The third-order valence-corrected chi connectivity index (χ3v) is 5.53. The highest BCUT2D eigenvalue weighted by Crippen LogP contribution is 2.41. The van der Waals surface area contributed by atoms with Crippen molar-refractivity contribution in [2.75, 3.05) is 21.3 Å². The second-order valence-corrected chi connectivity index (χ2v) is 7.17. The zero-order valence-electron chi connectivity index (χ0n) is 16.1. The lowest BCUT2D eigenvalue weighted by Crippen LogP contribution is -2.45. The number of rotatable bonds is 5. The van der Waals surface area contributed by atoms with Crippen LogP contribution in [0.3, 0.4) is 0 Å². The lowest BCUT2D eigenvalue weighted by molar-refractivity contribution is 0.0876. The second kappa shape index (κ2) is 7.48. The fourth-order valence-electron chi connectivity index (χ4n) is 4.05. The van der Waals surface area contributed by atoms with Crippen molar-refractivity contribution in [3.63, 3.8) is 0 Å². The van der Waals surface area contributed by atoms with Crippen LogP contribution in [0.1, 0.15) is 43.6 Å². The average molecular weight is 360 g/mol. The van der Waals surface area contributed by atoms with E-state index in [0.29, 0.717) is 40.3 Å². The van der Waals surface area contributed by atoms with Gasteiger partial charge in [-0.1, -0.05) is 20.3 Å². The monoisotopic (exact) mass is 360 g/mol. The number of ether oxygens (including phenoxy) is 3. The van der Waals surface area contributed by atoms with Crippen molar-refractivity contribution in [3.8, 4) is 17.2 Å². The number of fused-ring (bicyclic) bond motifs is 1. The van der Waals surface area contributed by atoms with E-state index in [1.807, 2.05) is 6.07 Å². The molecule has 1 aliphatic carbocycles. The van der Waals surface area contributed by atoms with E-state index in [1.165, 1.54) is 6.42 Å². The molecule has 1 aromatic carbocycles. The molecule has 1 aliphatic rings. The highest BCUT2D eigenvalue weighted by molar-refractivity contribution is 6.02. The normalized spacial score (nSPS) is 22.9. The van der Waals surface area contributed by atoms with E-state index in [1.54, 1.807) is 27.4 Å². The number of aromatic nitrogens is 1. The first-order valence-corrected chi connectivity index (χ1v) is 9.12. The van der Waals surface area contributed by atoms with E-state index in [0.717, 1.165) is 18.2 Å². The van der Waals surface area contributed by atoms with Crippen molar-refractivity contribution >= 4 is 16.8 Å². The molecule has 1 aromatic heterocycles. The van der Waals surface area contributed by atoms with Crippen molar-refractivity contribution in [3.05, 3.63) is 17.8 Å². The summed E-state index contributed by atoms with van der Waals surface area (Å²) in [5, 5.41) is 4.01. The molecule has 0 aliphatic heterocycles. The lowest BCUT2D eigenvalue weighted by atomic mass is 9.78. The van der Waals surface area contributed by atoms with Crippen LogP contribution in [-0.2, 0) is 0 Å². The number of aromatic amines is 1. The summed E-state index contributed by atoms with van der Waals surface area (Å²) in [7, 11) is 4.75. The number of carbonyl (C=O) groups excluding carboxylic acids is 1. The van der Waals surface area contributed by atoms with E-state index < -0.39 is 0 Å². The van der Waals surface area contributed by atoms with E-state index in [4.69, 9.17) is 14.2 Å². The van der Waals surface area contributed by atoms with Crippen molar-refractivity contribution < 1.29 is 19.0 Å². The minimum atomic E-state index is -0.102. The summed E-state index contributed by atoms with van der Waals surface area (Å²) in [4.78, 5) is 16.1. The first-order valence-electron chi connectivity index (χ1n) is 9.12. The van der Waals surface area contributed by atoms with Gasteiger partial charge >= 0.3 is 0 Å². The van der Waals surface area contributed by atoms with Gasteiger partial charge in [-0.25, -0.2) is 0 Å². The Kier molecular flexibility index (Phi) is 5.30. The molecule has 6 heteroatoms. The zero-order valence-corrected chi connectivity index (χ0v) is 16.1. The van der Waals surface area contributed by atoms with Gasteiger partial charge in [0, 0.05) is 17.5 Å². The molecule has 2 unspecified atom stereocenters. The molecule has 2 aromatic rings. The van der Waals surface area contributed by atoms with Gasteiger partial charge in [0.2, 0.25) is 0 Å². The van der Waals surface area contributed by atoms with Gasteiger partial charge in [0.15, 0.2) is 11.5 Å². The fraction of sp³-hybridized carbons (Fsp3) is 0.550. The SMILES string of the molecule is COc1cc(OC)c2cc(C(=O)NC3C(C)CCCC3C)[nH]c2c1OC. The van der Waals surface area contributed by atoms with Gasteiger partial charge < -0.3 is 24.5 Å². The Bertz CT molecular complexity index is 789. The number of amides is 1. The van der Waals surface area contributed by atoms with Crippen LogP contribution in [-0.4, -0.2) is 38.3 Å². The summed E-state index contributed by atoms with van der Waals surface area (Å²) in [6, 6.07) is 3.77. The van der Waals surface area contributed by atoms with Gasteiger partial charge in [0.25, 0.3) is 5.91 Å². The molecule has 0 radical (unpaired) electrons. The maximum atomic E-state index is 12.9. The molecule has 0 bridgehead atoms. The molecular weight excluding hydrogens is 332 g/mol. The van der Waals surface area contributed by atoms with Gasteiger partial charge in [-0.3, -0.25) is 4.79 Å². The van der Waals surface area contributed by atoms with Crippen LogP contribution in [0.5, 0.6) is 17.2 Å². The summed E-state index contributed by atoms with van der Waals surface area (Å²) >= 11 is 0. The standard InChI is InChI=1S/C20H28N2O4/c1-11-7-6-8-12(2)17(11)22-20(23)14-9-13-15(24-3)10-16(25-4)19(26-5)18(13)21-14/h9-12,17,21H,6-8H2,1-5H3,(H,22,23). The molecule has 1 fully saturated rings. The Balaban J connectivity index is 1.96. The summed E-state index contributed by atoms with van der Waals surface area (Å²) in [5.74, 6) is 2.61. The van der Waals surface area contributed by atoms with Gasteiger partial charge in [-0.2, -0.15) is 0 Å². The Morgan fingerprint density at radius 2 is 1.69 bits per heavy atom. The molecule has 6 nitrogen and oxygen atoms in total. The van der Waals surface area contributed by atoms with E-state index in [2.05, 4.69) is 24.1 Å². The summed E-state index contributed by atoms with van der Waals surface area (Å²) in [5.41, 5.74) is 1.19. The lowest BCUT2D eigenvalue weighted by Gasteiger charge is -2.35. The predicted octanol–water partition coefficient (Wildman–Crippen LogP) is 3.75. The Morgan fingerprint density at radius 1 is 1.04 bits per heavy atom. The molecule has 2 N–H and O–H groups in total. The highest BCUT2D eigenvalue weighted by Gasteiger charge is 2.30. The van der Waals surface area contributed by atoms with Crippen molar-refractivity contribution in [1.82, 2.24) is 10.3 Å². The van der Waals surface area contributed by atoms with Crippen LogP contribution in [0.25, 0.3) is 10.9 Å². The smallest absolute Gasteiger partial charge is 0.267 e. The number of carbonyl (C=O) groups is 1. The van der Waals surface area contributed by atoms with Crippen LogP contribution < -0.4 is 19.5 Å². The second-order valence-electron chi connectivity index (χ2n) is 7.17. The largest absolute Gasteiger partial charge is 0.496 e. The average Bonchev–Trinajstić information content (AvgIpc) is 3.08. The van der Waals surface area contributed by atoms with Crippen LogP contribution in [0, 0.1) is 11.8 Å². The Labute approximate surface area is 154 Å². The maximum Gasteiger partial charge on any atom is 0.267 e. The molecule has 2 atom stereocenters. The Hall–Kier alpha value is -2.37. The molecule has 26 heavy (non-hydrogen) atoms. The molecule has 142 valence electrons. The topological polar surface area (TPSA) is 72.6 Å². The maximum absolute atomic E-state index is 12.9. The van der Waals surface area contributed by atoms with Gasteiger partial charge in [0.05, 0.1) is 26.8 Å². The first kappa shape index (κ1) is 18.4. The number of methoxy groups -OCH3 is 3. The number of hydrogen-bond acceptors (Lipinski definition) is 4. The quantitative estimate of drug-likeness (QED) is 0.852. The molecule has 0 saturated heterocycles. The molecular formula is C20H28N2O4. The Morgan fingerprint density at radius 3 is 2.27 bits per heavy atom. The number of H-pyrrole nitrogens is 1. The number of hydrogen-bond donors (Lipinski definition) is 2. The predicted molar refractivity (Wildman–Crippen MR) is 101 cm³/mol. The summed E-state index contributed by atoms with van der Waals surface area (Å²) < 4.78 is 16.3. The third kappa shape index (κ3) is 3.20. The van der Waals surface area contributed by atoms with E-state index in [-0.39, 0.29) is 11.9 Å². The van der Waals surface area contributed by atoms with Crippen LogP contribution in [0.15, 0.2) is 12.1 Å². The van der Waals surface area contributed by atoms with Gasteiger partial charge in [-0.05, 0) is 30.7 Å². The molecule has 1 saturated carbocycles. The fourth-order valence-corrected chi connectivity index (χ4v) is 4.05. The number of benzene rings is 1. The van der Waals surface area contributed by atoms with Gasteiger partial charge in [-0.15, -0.1) is 0 Å². The number of nitrogens with one attached hydrogen (secondary N) is 2. The van der Waals surface area contributed by atoms with Crippen LogP contribution >= 0.6 is 0 Å². The van der Waals surface area contributed by atoms with Gasteiger partial charge in [0.1, 0.15) is 11.4 Å². The zero-order chi connectivity index (χ0) is 18.8. The minimum absolute atomic E-state index is 0.102. The van der Waals surface area contributed by atoms with E-state index in [9.17, 15) is 4.79 Å². The molecule has 1 amide bonds. The van der Waals surface area contributed by atoms with Crippen LogP contribution in [0.2, 0.25) is 0 Å². The highest BCUT2D eigenvalue weighted by atomic mass is 16.5. The summed E-state index contributed by atoms with van der Waals surface area (Å²) in [6.07, 6.45) is 3.54. The summed E-state index contributed by atoms with van der Waals surface area (Å²) in [6.45, 7) is 4.42. The molecule has 3 rings (SSSR count). The first-order chi connectivity index (χ1) is 12.5. The van der Waals surface area contributed by atoms with Crippen molar-refractivity contribution in [2.45, 2.75) is 39.2 Å². The minimum Gasteiger partial charge on any atom is -0.496 e. The van der Waals surface area contributed by atoms with Crippen LogP contribution in [0.4, 0.5) is 0 Å². The molecule has 1 heterocycles. The molecule has 0 spiro atoms. The van der Waals surface area contributed by atoms with Crippen molar-refractivity contribution in [2.24, 2.45) is 11.8 Å².